The van der Waals surface area contributed by atoms with Crippen LogP contribution in [0, 0.1) is 12.7 Å². The van der Waals surface area contributed by atoms with E-state index >= 15 is 0 Å². The van der Waals surface area contributed by atoms with E-state index in [2.05, 4.69) is 24.8 Å². The van der Waals surface area contributed by atoms with Crippen molar-refractivity contribution in [2.24, 2.45) is 0 Å². The van der Waals surface area contributed by atoms with Gasteiger partial charge in [-0.15, -0.1) is 0 Å². The first-order valence-corrected chi connectivity index (χ1v) is 10.4. The molecular formula is C22H26FN5O. The number of halogens is 1. The Kier molecular flexibility index (Phi) is 4.62. The molecule has 3 heterocycles. The number of H-pyrrole nitrogens is 1. The van der Waals surface area contributed by atoms with E-state index in [4.69, 9.17) is 0 Å². The maximum atomic E-state index is 14.1. The third kappa shape index (κ3) is 3.44. The van der Waals surface area contributed by atoms with Gasteiger partial charge in [0.25, 0.3) is 5.91 Å². The lowest BCUT2D eigenvalue weighted by Crippen LogP contribution is -2.48. The summed E-state index contributed by atoms with van der Waals surface area (Å²) in [6, 6.07) is 5.40. The molecule has 0 bridgehead atoms. The topological polar surface area (TPSA) is 66.0 Å². The molecule has 2 aromatic heterocycles. The summed E-state index contributed by atoms with van der Waals surface area (Å²) >= 11 is 0. The molecule has 6 nitrogen and oxygen atoms in total. The molecule has 5 rings (SSSR count). The van der Waals surface area contributed by atoms with E-state index in [1.54, 1.807) is 12.1 Å². The molecule has 1 fully saturated rings. The first-order valence-electron chi connectivity index (χ1n) is 10.4. The number of nitrogens with zero attached hydrogens (tertiary/aromatic N) is 3. The van der Waals surface area contributed by atoms with Crippen molar-refractivity contribution < 1.29 is 9.18 Å². The van der Waals surface area contributed by atoms with Gasteiger partial charge in [0.1, 0.15) is 17.3 Å². The molecule has 2 atom stereocenters. The minimum atomic E-state index is -0.304. The molecule has 0 saturated heterocycles. The fourth-order valence-electron chi connectivity index (χ4n) is 4.84. The summed E-state index contributed by atoms with van der Waals surface area (Å²) in [6.07, 6.45) is 8.10. The molecule has 3 aromatic rings. The first kappa shape index (κ1) is 18.4. The average Bonchev–Trinajstić information content (AvgIpc) is 3.38. The van der Waals surface area contributed by atoms with Crippen LogP contribution in [0.15, 0.2) is 30.6 Å². The Morgan fingerprint density at radius 3 is 3.07 bits per heavy atom. The predicted octanol–water partition coefficient (Wildman–Crippen LogP) is 3.37. The third-order valence-corrected chi connectivity index (χ3v) is 6.47. The lowest BCUT2D eigenvalue weighted by Gasteiger charge is -2.39. The first-order chi connectivity index (χ1) is 14.1. The van der Waals surface area contributed by atoms with Crippen molar-refractivity contribution in [1.82, 2.24) is 24.8 Å². The highest BCUT2D eigenvalue weighted by atomic mass is 19.1. The van der Waals surface area contributed by atoms with Crippen LogP contribution in [0.1, 0.15) is 47.6 Å². The van der Waals surface area contributed by atoms with Crippen LogP contribution in [-0.4, -0.2) is 44.0 Å². The number of benzene rings is 1. The molecule has 1 saturated carbocycles. The number of carbonyl (C=O) groups is 1. The summed E-state index contributed by atoms with van der Waals surface area (Å²) < 4.78 is 16.3. The Morgan fingerprint density at radius 2 is 2.21 bits per heavy atom. The summed E-state index contributed by atoms with van der Waals surface area (Å²) in [6.45, 7) is 4.78. The van der Waals surface area contributed by atoms with Crippen molar-refractivity contribution in [1.29, 1.82) is 0 Å². The van der Waals surface area contributed by atoms with Crippen molar-refractivity contribution in [2.45, 2.75) is 57.8 Å². The van der Waals surface area contributed by atoms with Gasteiger partial charge in [0, 0.05) is 43.0 Å². The van der Waals surface area contributed by atoms with Gasteiger partial charge >= 0.3 is 0 Å². The molecule has 29 heavy (non-hydrogen) atoms. The van der Waals surface area contributed by atoms with E-state index in [0.717, 1.165) is 56.7 Å². The second kappa shape index (κ2) is 7.30. The Bertz CT molecular complexity index is 1020. The number of hydrogen-bond acceptors (Lipinski definition) is 3. The van der Waals surface area contributed by atoms with Gasteiger partial charge < -0.3 is 14.9 Å². The minimum Gasteiger partial charge on any atom is -0.350 e. The van der Waals surface area contributed by atoms with Gasteiger partial charge in [-0.1, -0.05) is 6.07 Å². The minimum absolute atomic E-state index is 0.139. The monoisotopic (exact) mass is 395 g/mol. The van der Waals surface area contributed by atoms with Crippen LogP contribution < -0.4 is 5.32 Å². The number of rotatable bonds is 3. The number of carbonyl (C=O) groups excluding carboxylic acids is 1. The van der Waals surface area contributed by atoms with Crippen LogP contribution in [0.4, 0.5) is 4.39 Å². The third-order valence-electron chi connectivity index (χ3n) is 6.47. The van der Waals surface area contributed by atoms with E-state index < -0.39 is 0 Å². The molecule has 0 radical (unpaired) electrons. The van der Waals surface area contributed by atoms with E-state index in [9.17, 15) is 9.18 Å². The second-order valence-electron chi connectivity index (χ2n) is 8.33. The Morgan fingerprint density at radius 1 is 1.31 bits per heavy atom. The molecule has 1 aromatic carbocycles. The van der Waals surface area contributed by atoms with Gasteiger partial charge in [-0.3, -0.25) is 9.69 Å². The number of aromatic nitrogens is 3. The van der Waals surface area contributed by atoms with Gasteiger partial charge in [-0.05, 0) is 50.3 Å². The SMILES string of the molecule is Cc1ccc(F)c2cc(C(=O)N[C@@H]3CCC[C@H](N4CCn5ccnc5C4)C3)[nH]c12. The van der Waals surface area contributed by atoms with Gasteiger partial charge in [-0.2, -0.15) is 0 Å². The van der Waals surface area contributed by atoms with Crippen LogP contribution in [0.5, 0.6) is 0 Å². The number of amides is 1. The summed E-state index contributed by atoms with van der Waals surface area (Å²) in [5, 5.41) is 3.65. The second-order valence-corrected chi connectivity index (χ2v) is 8.33. The quantitative estimate of drug-likeness (QED) is 0.715. The van der Waals surface area contributed by atoms with Crippen molar-refractivity contribution >= 4 is 16.8 Å². The molecule has 1 amide bonds. The molecular weight excluding hydrogens is 369 g/mol. The fourth-order valence-corrected chi connectivity index (χ4v) is 4.84. The van der Waals surface area contributed by atoms with Crippen LogP contribution in [0.2, 0.25) is 0 Å². The predicted molar refractivity (Wildman–Crippen MR) is 109 cm³/mol. The average molecular weight is 395 g/mol. The van der Waals surface area contributed by atoms with Crippen molar-refractivity contribution in [3.05, 3.63) is 53.5 Å². The zero-order valence-corrected chi connectivity index (χ0v) is 16.6. The van der Waals surface area contributed by atoms with Crippen LogP contribution in [0.3, 0.4) is 0 Å². The van der Waals surface area contributed by atoms with Gasteiger partial charge in [0.2, 0.25) is 0 Å². The highest BCUT2D eigenvalue weighted by Gasteiger charge is 2.30. The van der Waals surface area contributed by atoms with E-state index in [1.807, 2.05) is 19.3 Å². The summed E-state index contributed by atoms with van der Waals surface area (Å²) in [5.74, 6) is 0.666. The maximum absolute atomic E-state index is 14.1. The zero-order chi connectivity index (χ0) is 20.0. The van der Waals surface area contributed by atoms with Gasteiger partial charge in [0.05, 0.1) is 12.1 Å². The lowest BCUT2D eigenvalue weighted by molar-refractivity contribution is 0.0850. The number of hydrogen-bond donors (Lipinski definition) is 2. The highest BCUT2D eigenvalue weighted by molar-refractivity contribution is 5.99. The zero-order valence-electron chi connectivity index (χ0n) is 16.6. The number of nitrogens with one attached hydrogen (secondary N) is 2. The molecule has 1 aliphatic carbocycles. The normalized spacial score (nSPS) is 22.6. The molecule has 0 unspecified atom stereocenters. The Hall–Kier alpha value is -2.67. The van der Waals surface area contributed by atoms with E-state index in [0.29, 0.717) is 22.6 Å². The molecule has 2 N–H and O–H groups in total. The number of fused-ring (bicyclic) bond motifs is 2. The fraction of sp³-hybridized carbons (Fsp3) is 0.455. The van der Waals surface area contributed by atoms with Crippen LogP contribution in [0.25, 0.3) is 10.9 Å². The van der Waals surface area contributed by atoms with Crippen molar-refractivity contribution in [2.75, 3.05) is 6.54 Å². The van der Waals surface area contributed by atoms with Crippen LogP contribution >= 0.6 is 0 Å². The summed E-state index contributed by atoms with van der Waals surface area (Å²) in [7, 11) is 0. The number of aromatic amines is 1. The Labute approximate surface area is 169 Å². The summed E-state index contributed by atoms with van der Waals surface area (Å²) in [5.41, 5.74) is 2.05. The Balaban J connectivity index is 1.26. The lowest BCUT2D eigenvalue weighted by atomic mass is 9.89. The van der Waals surface area contributed by atoms with Gasteiger partial charge in [0.15, 0.2) is 0 Å². The molecule has 152 valence electrons. The summed E-state index contributed by atoms with van der Waals surface area (Å²) in [4.78, 5) is 22.9. The van der Waals surface area contributed by atoms with Crippen molar-refractivity contribution in [3.63, 3.8) is 0 Å². The van der Waals surface area contributed by atoms with E-state index in [1.165, 1.54) is 6.07 Å². The smallest absolute Gasteiger partial charge is 0.267 e. The molecule has 1 aliphatic heterocycles. The number of imidazole rings is 1. The van der Waals surface area contributed by atoms with Crippen LogP contribution in [-0.2, 0) is 13.1 Å². The molecule has 7 heteroatoms. The largest absolute Gasteiger partial charge is 0.350 e. The van der Waals surface area contributed by atoms with E-state index in [-0.39, 0.29) is 17.8 Å². The van der Waals surface area contributed by atoms with Gasteiger partial charge in [-0.25, -0.2) is 9.37 Å². The molecule has 2 aliphatic rings. The highest BCUT2D eigenvalue weighted by Crippen LogP contribution is 2.27. The standard InChI is InChI=1S/C22H26FN5O/c1-14-5-6-18(23)17-12-19(26-21(14)17)22(29)25-15-3-2-4-16(11-15)28-10-9-27-8-7-24-20(27)13-28/h5-8,12,15-16,26H,2-4,9-11,13H2,1H3,(H,25,29)/t15-,16+/m1/s1. The number of aryl methyl sites for hydroxylation is 1. The molecule has 0 spiro atoms. The van der Waals surface area contributed by atoms with Crippen molar-refractivity contribution in [3.8, 4) is 0 Å². The maximum Gasteiger partial charge on any atom is 0.267 e.